The molecule has 2 rings (SSSR count). The number of aromatic nitrogens is 2. The topological polar surface area (TPSA) is 114 Å². The van der Waals surface area contributed by atoms with Gasteiger partial charge in [-0.05, 0) is 13.3 Å². The van der Waals surface area contributed by atoms with E-state index < -0.39 is 23.5 Å². The Morgan fingerprint density at radius 2 is 2.19 bits per heavy atom. The van der Waals surface area contributed by atoms with Crippen molar-refractivity contribution in [3.63, 3.8) is 0 Å². The third-order valence-corrected chi connectivity index (χ3v) is 3.19. The molecule has 0 saturated heterocycles. The Morgan fingerprint density at radius 1 is 1.52 bits per heavy atom. The highest BCUT2D eigenvalue weighted by Crippen LogP contribution is 2.20. The second-order valence-electron chi connectivity index (χ2n) is 4.65. The van der Waals surface area contributed by atoms with Crippen molar-refractivity contribution >= 4 is 23.0 Å². The Kier molecular flexibility index (Phi) is 3.79. The van der Waals surface area contributed by atoms with Gasteiger partial charge in [-0.2, -0.15) is 0 Å². The van der Waals surface area contributed by atoms with Gasteiger partial charge in [0.15, 0.2) is 0 Å². The van der Waals surface area contributed by atoms with Gasteiger partial charge in [0.05, 0.1) is 5.56 Å². The van der Waals surface area contributed by atoms with Gasteiger partial charge in [0.2, 0.25) is 5.71 Å². The molecule has 0 fully saturated rings. The maximum Gasteiger partial charge on any atom is 0.326 e. The zero-order valence-corrected chi connectivity index (χ0v) is 11.8. The summed E-state index contributed by atoms with van der Waals surface area (Å²) in [6.07, 6.45) is 1.52. The summed E-state index contributed by atoms with van der Waals surface area (Å²) >= 11 is 0. The zero-order valence-electron chi connectivity index (χ0n) is 11.8. The van der Waals surface area contributed by atoms with Crippen LogP contribution >= 0.6 is 0 Å². The van der Waals surface area contributed by atoms with Crippen LogP contribution in [0, 0.1) is 6.92 Å². The summed E-state index contributed by atoms with van der Waals surface area (Å²) in [6, 6.07) is -1.03. The van der Waals surface area contributed by atoms with Crippen molar-refractivity contribution in [2.24, 2.45) is 7.05 Å². The summed E-state index contributed by atoms with van der Waals surface area (Å²) in [5.74, 6) is -1.58. The van der Waals surface area contributed by atoms with E-state index in [0.717, 1.165) is 0 Å². The van der Waals surface area contributed by atoms with Crippen LogP contribution in [0.1, 0.15) is 29.5 Å². The standard InChI is InChI=1S/C13H15N3O5/c1-4-7(13(19)20)15-10(17)8-6(2)21-11-9(8)12(18)16(3)5-14-11/h5,7H,4H2,1-3H3,(H,15,17)(H,19,20). The molecule has 1 unspecified atom stereocenters. The van der Waals surface area contributed by atoms with E-state index in [-0.39, 0.29) is 28.8 Å². The minimum Gasteiger partial charge on any atom is -0.480 e. The van der Waals surface area contributed by atoms with Crippen molar-refractivity contribution < 1.29 is 19.1 Å². The van der Waals surface area contributed by atoms with E-state index in [1.165, 1.54) is 24.9 Å². The van der Waals surface area contributed by atoms with Gasteiger partial charge < -0.3 is 19.4 Å². The van der Waals surface area contributed by atoms with E-state index in [1.54, 1.807) is 6.92 Å². The Morgan fingerprint density at radius 3 is 2.76 bits per heavy atom. The molecule has 0 aliphatic rings. The van der Waals surface area contributed by atoms with Gasteiger partial charge in [0.1, 0.15) is 23.5 Å². The predicted octanol–water partition coefficient (Wildman–Crippen LogP) is 0.428. The fourth-order valence-electron chi connectivity index (χ4n) is 2.03. The lowest BCUT2D eigenvalue weighted by Gasteiger charge is -2.11. The number of nitrogens with one attached hydrogen (secondary N) is 1. The summed E-state index contributed by atoms with van der Waals surface area (Å²) in [5.41, 5.74) is -0.340. The summed E-state index contributed by atoms with van der Waals surface area (Å²) in [5, 5.41) is 11.4. The Hall–Kier alpha value is -2.64. The highest BCUT2D eigenvalue weighted by Gasteiger charge is 2.25. The normalized spacial score (nSPS) is 12.3. The second-order valence-corrected chi connectivity index (χ2v) is 4.65. The fraction of sp³-hybridized carbons (Fsp3) is 0.385. The summed E-state index contributed by atoms with van der Waals surface area (Å²) in [6.45, 7) is 3.16. The highest BCUT2D eigenvalue weighted by molar-refractivity contribution is 6.07. The minimum atomic E-state index is -1.14. The molecule has 2 heterocycles. The molecule has 112 valence electrons. The van der Waals surface area contributed by atoms with Gasteiger partial charge in [-0.25, -0.2) is 9.78 Å². The van der Waals surface area contributed by atoms with Crippen LogP contribution in [0.25, 0.3) is 11.1 Å². The van der Waals surface area contributed by atoms with Gasteiger partial charge >= 0.3 is 5.97 Å². The van der Waals surface area contributed by atoms with Gasteiger partial charge in [-0.3, -0.25) is 9.59 Å². The van der Waals surface area contributed by atoms with Gasteiger partial charge in [-0.1, -0.05) is 6.92 Å². The molecule has 0 radical (unpaired) electrons. The van der Waals surface area contributed by atoms with Crippen molar-refractivity contribution in [3.05, 3.63) is 28.0 Å². The number of nitrogens with zero attached hydrogens (tertiary/aromatic N) is 2. The Bertz CT molecular complexity index is 774. The highest BCUT2D eigenvalue weighted by atomic mass is 16.4. The van der Waals surface area contributed by atoms with Crippen molar-refractivity contribution in [3.8, 4) is 0 Å². The van der Waals surface area contributed by atoms with Crippen LogP contribution in [0.4, 0.5) is 0 Å². The number of hydrogen-bond acceptors (Lipinski definition) is 5. The SMILES string of the molecule is CCC(NC(=O)c1c(C)oc2ncn(C)c(=O)c12)C(=O)O. The average Bonchev–Trinajstić information content (AvgIpc) is 2.76. The molecule has 0 bridgehead atoms. The number of aliphatic carboxylic acids is 1. The third-order valence-electron chi connectivity index (χ3n) is 3.19. The van der Waals surface area contributed by atoms with Crippen LogP contribution in [-0.4, -0.2) is 32.6 Å². The summed E-state index contributed by atoms with van der Waals surface area (Å²) in [7, 11) is 1.50. The molecule has 2 aromatic heterocycles. The maximum atomic E-state index is 12.3. The second kappa shape index (κ2) is 5.39. The van der Waals surface area contributed by atoms with Gasteiger partial charge in [0.25, 0.3) is 11.5 Å². The third kappa shape index (κ3) is 2.51. The van der Waals surface area contributed by atoms with Crippen molar-refractivity contribution in [2.45, 2.75) is 26.3 Å². The number of carbonyl (C=O) groups is 2. The number of furan rings is 1. The number of rotatable bonds is 4. The summed E-state index contributed by atoms with van der Waals surface area (Å²) < 4.78 is 6.52. The molecule has 0 spiro atoms. The van der Waals surface area contributed by atoms with Gasteiger partial charge in [0, 0.05) is 7.05 Å². The number of carboxylic acids is 1. The maximum absolute atomic E-state index is 12.3. The first-order chi connectivity index (χ1) is 9.86. The lowest BCUT2D eigenvalue weighted by Crippen LogP contribution is -2.40. The van der Waals surface area contributed by atoms with Crippen LogP contribution in [0.3, 0.4) is 0 Å². The van der Waals surface area contributed by atoms with E-state index in [2.05, 4.69) is 10.3 Å². The van der Waals surface area contributed by atoms with E-state index >= 15 is 0 Å². The van der Waals surface area contributed by atoms with E-state index in [0.29, 0.717) is 0 Å². The average molecular weight is 293 g/mol. The molecule has 0 aliphatic carbocycles. The lowest BCUT2D eigenvalue weighted by atomic mass is 10.1. The molecule has 1 atom stereocenters. The lowest BCUT2D eigenvalue weighted by molar-refractivity contribution is -0.139. The number of amides is 1. The quantitative estimate of drug-likeness (QED) is 0.844. The molecule has 0 aliphatic heterocycles. The molecule has 8 nitrogen and oxygen atoms in total. The Labute approximate surface area is 119 Å². The first kappa shape index (κ1) is 14.8. The number of aryl methyl sites for hydroxylation is 2. The first-order valence-corrected chi connectivity index (χ1v) is 6.35. The summed E-state index contributed by atoms with van der Waals surface area (Å²) in [4.78, 5) is 39.3. The number of carbonyl (C=O) groups excluding carboxylic acids is 1. The number of carboxylic acid groups (broad SMARTS) is 1. The van der Waals surface area contributed by atoms with Crippen molar-refractivity contribution in [1.82, 2.24) is 14.9 Å². The molecule has 21 heavy (non-hydrogen) atoms. The van der Waals surface area contributed by atoms with Crippen LogP contribution in [0.2, 0.25) is 0 Å². The van der Waals surface area contributed by atoms with E-state index in [1.807, 2.05) is 0 Å². The zero-order chi connectivity index (χ0) is 15.7. The molecule has 0 aromatic carbocycles. The predicted molar refractivity (Wildman–Crippen MR) is 73.2 cm³/mol. The number of fused-ring (bicyclic) bond motifs is 1. The van der Waals surface area contributed by atoms with Crippen LogP contribution < -0.4 is 10.9 Å². The first-order valence-electron chi connectivity index (χ1n) is 6.35. The minimum absolute atomic E-state index is 0.0263. The van der Waals surface area contributed by atoms with Crippen LogP contribution in [-0.2, 0) is 11.8 Å². The van der Waals surface area contributed by atoms with Crippen LogP contribution in [0.15, 0.2) is 15.5 Å². The molecular weight excluding hydrogens is 278 g/mol. The molecule has 2 N–H and O–H groups in total. The van der Waals surface area contributed by atoms with E-state index in [4.69, 9.17) is 9.52 Å². The molecule has 1 amide bonds. The molecule has 0 saturated carbocycles. The number of hydrogen-bond donors (Lipinski definition) is 2. The smallest absolute Gasteiger partial charge is 0.326 e. The Balaban J connectivity index is 2.53. The van der Waals surface area contributed by atoms with Crippen molar-refractivity contribution in [1.29, 1.82) is 0 Å². The van der Waals surface area contributed by atoms with Crippen molar-refractivity contribution in [2.75, 3.05) is 0 Å². The molecule has 8 heteroatoms. The molecule has 2 aromatic rings. The molecular formula is C13H15N3O5. The fourth-order valence-corrected chi connectivity index (χ4v) is 2.03. The van der Waals surface area contributed by atoms with E-state index in [9.17, 15) is 14.4 Å². The van der Waals surface area contributed by atoms with Crippen LogP contribution in [0.5, 0.6) is 0 Å². The largest absolute Gasteiger partial charge is 0.480 e. The van der Waals surface area contributed by atoms with Gasteiger partial charge in [-0.15, -0.1) is 0 Å². The monoisotopic (exact) mass is 293 g/mol.